The van der Waals surface area contributed by atoms with E-state index in [2.05, 4.69) is 58.9 Å². The van der Waals surface area contributed by atoms with E-state index in [0.29, 0.717) is 0 Å². The highest BCUT2D eigenvalue weighted by atomic mass is 79.9. The zero-order valence-electron chi connectivity index (χ0n) is 8.99. The van der Waals surface area contributed by atoms with Crippen molar-refractivity contribution in [2.75, 3.05) is 0 Å². The Bertz CT molecular complexity index is 469. The maximum absolute atomic E-state index is 4.14. The van der Waals surface area contributed by atoms with Gasteiger partial charge in [0, 0.05) is 5.33 Å². The Balaban J connectivity index is 2.28. The Morgan fingerprint density at radius 2 is 1.44 bits per heavy atom. The van der Waals surface area contributed by atoms with Crippen molar-refractivity contribution in [2.24, 2.45) is 0 Å². The van der Waals surface area contributed by atoms with Crippen LogP contribution in [-0.2, 0) is 5.33 Å². The summed E-state index contributed by atoms with van der Waals surface area (Å²) >= 11 is 3.44. The minimum atomic E-state index is 0.894. The van der Waals surface area contributed by atoms with Gasteiger partial charge in [-0.1, -0.05) is 77.1 Å². The third kappa shape index (κ3) is 2.42. The second kappa shape index (κ2) is 5.13. The van der Waals surface area contributed by atoms with Crippen LogP contribution in [-0.4, -0.2) is 0 Å². The molecule has 0 atom stereocenters. The fourth-order valence-corrected chi connectivity index (χ4v) is 1.97. The van der Waals surface area contributed by atoms with Crippen molar-refractivity contribution in [3.05, 3.63) is 77.9 Å². The standard InChI is InChI=1S/C15H13Br/c1-12(14-5-3-2-4-6-14)15-9-7-13(11-16)8-10-15/h2-10H,1,11H2. The van der Waals surface area contributed by atoms with Crippen molar-refractivity contribution >= 4 is 21.5 Å². The average Bonchev–Trinajstić information content (AvgIpc) is 2.39. The van der Waals surface area contributed by atoms with Gasteiger partial charge in [-0.2, -0.15) is 0 Å². The molecule has 0 unspecified atom stereocenters. The molecule has 0 fully saturated rings. The third-order valence-corrected chi connectivity index (χ3v) is 3.23. The monoisotopic (exact) mass is 272 g/mol. The van der Waals surface area contributed by atoms with Crippen molar-refractivity contribution in [2.45, 2.75) is 5.33 Å². The minimum absolute atomic E-state index is 0.894. The van der Waals surface area contributed by atoms with Crippen LogP contribution >= 0.6 is 15.9 Å². The molecule has 2 aromatic rings. The molecule has 80 valence electrons. The smallest absolute Gasteiger partial charge is 0.0283 e. The van der Waals surface area contributed by atoms with Gasteiger partial charge in [0.25, 0.3) is 0 Å². The van der Waals surface area contributed by atoms with Crippen LogP contribution in [0.1, 0.15) is 16.7 Å². The van der Waals surface area contributed by atoms with E-state index in [4.69, 9.17) is 0 Å². The Morgan fingerprint density at radius 1 is 0.875 bits per heavy atom. The summed E-state index contributed by atoms with van der Waals surface area (Å²) < 4.78 is 0. The first-order chi connectivity index (χ1) is 7.81. The van der Waals surface area contributed by atoms with Gasteiger partial charge < -0.3 is 0 Å². The molecule has 2 rings (SSSR count). The zero-order valence-corrected chi connectivity index (χ0v) is 10.6. The summed E-state index contributed by atoms with van der Waals surface area (Å²) in [7, 11) is 0. The Hall–Kier alpha value is -1.34. The Kier molecular flexibility index (Phi) is 3.58. The summed E-state index contributed by atoms with van der Waals surface area (Å²) in [6, 6.07) is 18.7. The van der Waals surface area contributed by atoms with Crippen molar-refractivity contribution in [1.29, 1.82) is 0 Å². The van der Waals surface area contributed by atoms with Crippen molar-refractivity contribution in [3.63, 3.8) is 0 Å². The van der Waals surface area contributed by atoms with E-state index < -0.39 is 0 Å². The van der Waals surface area contributed by atoms with Gasteiger partial charge in [0.05, 0.1) is 0 Å². The van der Waals surface area contributed by atoms with Crippen LogP contribution in [0.3, 0.4) is 0 Å². The number of halogens is 1. The van der Waals surface area contributed by atoms with Gasteiger partial charge in [-0.25, -0.2) is 0 Å². The lowest BCUT2D eigenvalue weighted by atomic mass is 9.99. The van der Waals surface area contributed by atoms with E-state index in [9.17, 15) is 0 Å². The number of alkyl halides is 1. The zero-order chi connectivity index (χ0) is 11.4. The molecule has 0 N–H and O–H groups in total. The highest BCUT2D eigenvalue weighted by molar-refractivity contribution is 9.08. The maximum Gasteiger partial charge on any atom is 0.0283 e. The maximum atomic E-state index is 4.14. The third-order valence-electron chi connectivity index (χ3n) is 2.58. The first-order valence-corrected chi connectivity index (χ1v) is 6.33. The quantitative estimate of drug-likeness (QED) is 0.714. The van der Waals surface area contributed by atoms with Gasteiger partial charge >= 0.3 is 0 Å². The van der Waals surface area contributed by atoms with E-state index in [-0.39, 0.29) is 0 Å². The highest BCUT2D eigenvalue weighted by Gasteiger charge is 2.01. The summed E-state index contributed by atoms with van der Waals surface area (Å²) in [5.74, 6) is 0. The van der Waals surface area contributed by atoms with Crippen molar-refractivity contribution in [1.82, 2.24) is 0 Å². The first kappa shape index (κ1) is 11.2. The van der Waals surface area contributed by atoms with Crippen LogP contribution in [0.25, 0.3) is 5.57 Å². The number of rotatable bonds is 3. The van der Waals surface area contributed by atoms with E-state index >= 15 is 0 Å². The second-order valence-electron chi connectivity index (χ2n) is 3.68. The summed E-state index contributed by atoms with van der Waals surface area (Å²) in [4.78, 5) is 0. The van der Waals surface area contributed by atoms with Gasteiger partial charge in [-0.3, -0.25) is 0 Å². The summed E-state index contributed by atoms with van der Waals surface area (Å²) in [5.41, 5.74) is 4.70. The van der Waals surface area contributed by atoms with E-state index in [1.807, 2.05) is 18.2 Å². The molecular formula is C15H13Br. The van der Waals surface area contributed by atoms with E-state index in [1.54, 1.807) is 0 Å². The molecule has 0 heterocycles. The molecule has 16 heavy (non-hydrogen) atoms. The molecule has 1 heteroatoms. The highest BCUT2D eigenvalue weighted by Crippen LogP contribution is 2.21. The number of benzene rings is 2. The fourth-order valence-electron chi connectivity index (χ4n) is 1.60. The minimum Gasteiger partial charge on any atom is -0.0906 e. The molecule has 2 aromatic carbocycles. The molecule has 0 aliphatic rings. The molecule has 0 aliphatic heterocycles. The first-order valence-electron chi connectivity index (χ1n) is 5.21. The second-order valence-corrected chi connectivity index (χ2v) is 4.24. The van der Waals surface area contributed by atoms with Gasteiger partial charge in [0.15, 0.2) is 0 Å². The van der Waals surface area contributed by atoms with Gasteiger partial charge in [0.2, 0.25) is 0 Å². The average molecular weight is 273 g/mol. The lowest BCUT2D eigenvalue weighted by Gasteiger charge is -2.06. The van der Waals surface area contributed by atoms with Gasteiger partial charge in [-0.15, -0.1) is 0 Å². The molecule has 0 aliphatic carbocycles. The van der Waals surface area contributed by atoms with Crippen LogP contribution in [0.2, 0.25) is 0 Å². The van der Waals surface area contributed by atoms with Gasteiger partial charge in [0.1, 0.15) is 0 Å². The lowest BCUT2D eigenvalue weighted by Crippen LogP contribution is -1.86. The predicted molar refractivity (Wildman–Crippen MR) is 73.7 cm³/mol. The normalized spacial score (nSPS) is 10.1. The molecule has 0 saturated heterocycles. The van der Waals surface area contributed by atoms with Crippen LogP contribution in [0.4, 0.5) is 0 Å². The number of hydrogen-bond donors (Lipinski definition) is 0. The van der Waals surface area contributed by atoms with Crippen molar-refractivity contribution < 1.29 is 0 Å². The molecule has 0 spiro atoms. The Labute approximate surface area is 105 Å². The molecule has 0 nitrogen and oxygen atoms in total. The van der Waals surface area contributed by atoms with Crippen LogP contribution < -0.4 is 0 Å². The van der Waals surface area contributed by atoms with Crippen LogP contribution in [0.15, 0.2) is 61.2 Å². The summed E-state index contributed by atoms with van der Waals surface area (Å²) in [5, 5.41) is 0.894. The summed E-state index contributed by atoms with van der Waals surface area (Å²) in [6.07, 6.45) is 0. The summed E-state index contributed by atoms with van der Waals surface area (Å²) in [6.45, 7) is 4.14. The molecule has 0 bridgehead atoms. The van der Waals surface area contributed by atoms with Crippen LogP contribution in [0.5, 0.6) is 0 Å². The molecular weight excluding hydrogens is 260 g/mol. The van der Waals surface area contributed by atoms with Crippen molar-refractivity contribution in [3.8, 4) is 0 Å². The van der Waals surface area contributed by atoms with E-state index in [0.717, 1.165) is 10.9 Å². The SMILES string of the molecule is C=C(c1ccccc1)c1ccc(CBr)cc1. The van der Waals surface area contributed by atoms with E-state index in [1.165, 1.54) is 16.7 Å². The topological polar surface area (TPSA) is 0 Å². The molecule has 0 radical (unpaired) electrons. The fraction of sp³-hybridized carbons (Fsp3) is 0.0667. The molecule has 0 aromatic heterocycles. The van der Waals surface area contributed by atoms with Gasteiger partial charge in [-0.05, 0) is 22.3 Å². The van der Waals surface area contributed by atoms with Crippen LogP contribution in [0, 0.1) is 0 Å². The largest absolute Gasteiger partial charge is 0.0906 e. The predicted octanol–water partition coefficient (Wildman–Crippen LogP) is 4.64. The lowest BCUT2D eigenvalue weighted by molar-refractivity contribution is 1.42. The Morgan fingerprint density at radius 3 is 2.00 bits per heavy atom. The molecule has 0 saturated carbocycles. The number of hydrogen-bond acceptors (Lipinski definition) is 0. The molecule has 0 amide bonds.